The van der Waals surface area contributed by atoms with Crippen molar-refractivity contribution in [2.75, 3.05) is 19.7 Å². The van der Waals surface area contributed by atoms with E-state index in [0.717, 1.165) is 12.8 Å². The second-order valence-electron chi connectivity index (χ2n) is 4.59. The molecule has 0 aromatic rings. The molecular formula is C12H24N2O4. The molecular weight excluding hydrogens is 236 g/mol. The summed E-state index contributed by atoms with van der Waals surface area (Å²) in [7, 11) is 0. The van der Waals surface area contributed by atoms with E-state index in [2.05, 4.69) is 10.6 Å². The Morgan fingerprint density at radius 2 is 1.83 bits per heavy atom. The maximum atomic E-state index is 10.9. The summed E-state index contributed by atoms with van der Waals surface area (Å²) < 4.78 is 0. The van der Waals surface area contributed by atoms with Crippen LogP contribution < -0.4 is 10.6 Å². The van der Waals surface area contributed by atoms with Crippen LogP contribution >= 0.6 is 0 Å². The van der Waals surface area contributed by atoms with Crippen molar-refractivity contribution in [2.45, 2.75) is 39.7 Å². The lowest BCUT2D eigenvalue weighted by atomic mass is 9.83. The first-order valence-electron chi connectivity index (χ1n) is 6.22. The molecule has 0 saturated carbocycles. The molecule has 106 valence electrons. The monoisotopic (exact) mass is 260 g/mol. The van der Waals surface area contributed by atoms with Crippen LogP contribution in [0.3, 0.4) is 0 Å². The van der Waals surface area contributed by atoms with Crippen LogP contribution in [0, 0.1) is 5.41 Å². The van der Waals surface area contributed by atoms with Gasteiger partial charge >= 0.3 is 5.97 Å². The van der Waals surface area contributed by atoms with Crippen LogP contribution in [0.25, 0.3) is 0 Å². The van der Waals surface area contributed by atoms with Gasteiger partial charge in [-0.1, -0.05) is 13.8 Å². The number of aliphatic hydroxyl groups excluding tert-OH is 1. The first-order chi connectivity index (χ1) is 8.40. The maximum absolute atomic E-state index is 10.9. The van der Waals surface area contributed by atoms with Gasteiger partial charge in [0, 0.05) is 32.0 Å². The molecule has 6 nitrogen and oxygen atoms in total. The van der Waals surface area contributed by atoms with E-state index in [1.54, 1.807) is 0 Å². The minimum atomic E-state index is -1.07. The lowest BCUT2D eigenvalue weighted by Crippen LogP contribution is -2.48. The Labute approximate surface area is 108 Å². The van der Waals surface area contributed by atoms with Crippen molar-refractivity contribution in [1.29, 1.82) is 0 Å². The topological polar surface area (TPSA) is 98.7 Å². The normalized spacial score (nSPS) is 13.1. The maximum Gasteiger partial charge on any atom is 0.327 e. The van der Waals surface area contributed by atoms with E-state index in [0.29, 0.717) is 6.54 Å². The van der Waals surface area contributed by atoms with Crippen molar-refractivity contribution >= 4 is 11.9 Å². The molecule has 18 heavy (non-hydrogen) atoms. The second-order valence-corrected chi connectivity index (χ2v) is 4.59. The lowest BCUT2D eigenvalue weighted by molar-refractivity contribution is -0.141. The zero-order valence-electron chi connectivity index (χ0n) is 11.3. The fraction of sp³-hybridized carbons (Fsp3) is 0.833. The van der Waals surface area contributed by atoms with Gasteiger partial charge in [-0.25, -0.2) is 4.79 Å². The zero-order valence-corrected chi connectivity index (χ0v) is 11.3. The summed E-state index contributed by atoms with van der Waals surface area (Å²) in [6.45, 7) is 6.00. The summed E-state index contributed by atoms with van der Waals surface area (Å²) in [6, 6.07) is -0.937. The highest BCUT2D eigenvalue weighted by molar-refractivity contribution is 5.82. The molecule has 0 aliphatic carbocycles. The molecule has 0 spiro atoms. The summed E-state index contributed by atoms with van der Waals surface area (Å²) in [5.74, 6) is -1.44. The number of hydrogen-bond acceptors (Lipinski definition) is 4. The highest BCUT2D eigenvalue weighted by Crippen LogP contribution is 2.24. The van der Waals surface area contributed by atoms with Gasteiger partial charge < -0.3 is 20.8 Å². The minimum absolute atomic E-state index is 0.0604. The molecule has 0 saturated heterocycles. The summed E-state index contributed by atoms with van der Waals surface area (Å²) in [4.78, 5) is 21.7. The van der Waals surface area contributed by atoms with E-state index >= 15 is 0 Å². The fourth-order valence-electron chi connectivity index (χ4n) is 1.71. The third-order valence-corrected chi connectivity index (χ3v) is 3.36. The van der Waals surface area contributed by atoms with Crippen LogP contribution in [-0.2, 0) is 9.59 Å². The standard InChI is InChI=1S/C12H24N2O4/c1-4-12(5-2,8-15)7-13-6-10(11(17)18)14-9(3)16/h10,13,15H,4-8H2,1-3H3,(H,14,16)(H,17,18). The molecule has 0 fully saturated rings. The Hall–Kier alpha value is -1.14. The van der Waals surface area contributed by atoms with Crippen LogP contribution in [0.15, 0.2) is 0 Å². The first-order valence-corrected chi connectivity index (χ1v) is 6.22. The molecule has 0 heterocycles. The smallest absolute Gasteiger partial charge is 0.327 e. The third kappa shape index (κ3) is 5.46. The number of aliphatic hydroxyl groups is 1. The average molecular weight is 260 g/mol. The van der Waals surface area contributed by atoms with E-state index in [-0.39, 0.29) is 24.5 Å². The quantitative estimate of drug-likeness (QED) is 0.466. The van der Waals surface area contributed by atoms with Crippen molar-refractivity contribution in [3.05, 3.63) is 0 Å². The highest BCUT2D eigenvalue weighted by Gasteiger charge is 2.26. The van der Waals surface area contributed by atoms with Crippen molar-refractivity contribution in [1.82, 2.24) is 10.6 Å². The number of carbonyl (C=O) groups is 2. The van der Waals surface area contributed by atoms with Crippen molar-refractivity contribution in [2.24, 2.45) is 5.41 Å². The molecule has 0 aliphatic heterocycles. The number of rotatable bonds is 9. The van der Waals surface area contributed by atoms with Gasteiger partial charge in [-0.15, -0.1) is 0 Å². The molecule has 0 rings (SSSR count). The van der Waals surface area contributed by atoms with Gasteiger partial charge in [-0.2, -0.15) is 0 Å². The number of carboxylic acid groups (broad SMARTS) is 1. The van der Waals surface area contributed by atoms with Crippen LogP contribution in [0.5, 0.6) is 0 Å². The molecule has 0 bridgehead atoms. The summed E-state index contributed by atoms with van der Waals surface area (Å²) in [5.41, 5.74) is -0.223. The number of hydrogen-bond donors (Lipinski definition) is 4. The summed E-state index contributed by atoms with van der Waals surface area (Å²) in [6.07, 6.45) is 1.62. The number of aliphatic carboxylic acids is 1. The predicted octanol–water partition coefficient (Wildman–Crippen LogP) is -0.0360. The molecule has 6 heteroatoms. The lowest BCUT2D eigenvalue weighted by Gasteiger charge is -2.30. The van der Waals surface area contributed by atoms with Gasteiger partial charge in [0.2, 0.25) is 5.91 Å². The fourth-order valence-corrected chi connectivity index (χ4v) is 1.71. The van der Waals surface area contributed by atoms with Gasteiger partial charge in [0.05, 0.1) is 0 Å². The molecule has 0 aromatic carbocycles. The van der Waals surface area contributed by atoms with Crippen molar-refractivity contribution in [3.63, 3.8) is 0 Å². The number of amides is 1. The summed E-state index contributed by atoms with van der Waals surface area (Å²) in [5, 5.41) is 23.7. The SMILES string of the molecule is CCC(CC)(CO)CNCC(NC(C)=O)C(=O)O. The average Bonchev–Trinajstić information content (AvgIpc) is 2.33. The zero-order chi connectivity index (χ0) is 14.2. The molecule has 1 unspecified atom stereocenters. The Bertz CT molecular complexity index is 269. The predicted molar refractivity (Wildman–Crippen MR) is 68.2 cm³/mol. The van der Waals surface area contributed by atoms with E-state index in [1.807, 2.05) is 13.8 Å². The van der Waals surface area contributed by atoms with Gasteiger partial charge in [-0.3, -0.25) is 4.79 Å². The molecule has 0 aromatic heterocycles. The Morgan fingerprint density at radius 1 is 1.28 bits per heavy atom. The van der Waals surface area contributed by atoms with Crippen LogP contribution in [0.2, 0.25) is 0 Å². The van der Waals surface area contributed by atoms with E-state index in [4.69, 9.17) is 5.11 Å². The minimum Gasteiger partial charge on any atom is -0.480 e. The van der Waals surface area contributed by atoms with Crippen LogP contribution in [0.1, 0.15) is 33.6 Å². The van der Waals surface area contributed by atoms with Crippen molar-refractivity contribution < 1.29 is 19.8 Å². The first kappa shape index (κ1) is 16.9. The van der Waals surface area contributed by atoms with Gasteiger partial charge in [0.25, 0.3) is 0 Å². The van der Waals surface area contributed by atoms with E-state index in [9.17, 15) is 14.7 Å². The molecule has 1 atom stereocenters. The molecule has 1 amide bonds. The van der Waals surface area contributed by atoms with E-state index < -0.39 is 12.0 Å². The largest absolute Gasteiger partial charge is 0.480 e. The van der Waals surface area contributed by atoms with Crippen LogP contribution in [-0.4, -0.2) is 47.8 Å². The van der Waals surface area contributed by atoms with Gasteiger partial charge in [0.1, 0.15) is 6.04 Å². The molecule has 4 N–H and O–H groups in total. The van der Waals surface area contributed by atoms with Crippen LogP contribution in [0.4, 0.5) is 0 Å². The summed E-state index contributed by atoms with van der Waals surface area (Å²) >= 11 is 0. The van der Waals surface area contributed by atoms with Gasteiger partial charge in [0.15, 0.2) is 0 Å². The number of nitrogens with one attached hydrogen (secondary N) is 2. The third-order valence-electron chi connectivity index (χ3n) is 3.36. The highest BCUT2D eigenvalue weighted by atomic mass is 16.4. The van der Waals surface area contributed by atoms with Gasteiger partial charge in [-0.05, 0) is 12.8 Å². The number of carboxylic acids is 1. The second kappa shape index (κ2) is 8.05. The molecule has 0 radical (unpaired) electrons. The Morgan fingerprint density at radius 3 is 2.17 bits per heavy atom. The van der Waals surface area contributed by atoms with Crippen molar-refractivity contribution in [3.8, 4) is 0 Å². The number of carbonyl (C=O) groups excluding carboxylic acids is 1. The van der Waals surface area contributed by atoms with E-state index in [1.165, 1.54) is 6.92 Å². The Balaban J connectivity index is 4.28. The molecule has 0 aliphatic rings. The Kier molecular flexibility index (Phi) is 7.54.